The zero-order valence-electron chi connectivity index (χ0n) is 12.4. The SMILES string of the molecule is O=C(O)CCn1c(=O)sc2cc(C(=O)c3ccccc3F)ccc21. The van der Waals surface area contributed by atoms with E-state index in [1.807, 2.05) is 0 Å². The lowest BCUT2D eigenvalue weighted by Gasteiger charge is -2.04. The first kappa shape index (κ1) is 16.1. The van der Waals surface area contributed by atoms with Crippen LogP contribution in [0.1, 0.15) is 22.3 Å². The van der Waals surface area contributed by atoms with E-state index >= 15 is 0 Å². The number of fused-ring (bicyclic) bond motifs is 1. The topological polar surface area (TPSA) is 76.4 Å². The predicted octanol–water partition coefficient (Wildman–Crippen LogP) is 2.91. The Bertz CT molecular complexity index is 1010. The number of ketones is 1. The second kappa shape index (κ2) is 6.37. The maximum Gasteiger partial charge on any atom is 0.308 e. The highest BCUT2D eigenvalue weighted by molar-refractivity contribution is 7.16. The summed E-state index contributed by atoms with van der Waals surface area (Å²) in [5.41, 5.74) is 0.810. The highest BCUT2D eigenvalue weighted by atomic mass is 32.1. The van der Waals surface area contributed by atoms with Crippen LogP contribution in [0.15, 0.2) is 47.3 Å². The van der Waals surface area contributed by atoms with Crippen molar-refractivity contribution >= 4 is 33.3 Å². The Hall–Kier alpha value is -2.80. The quantitative estimate of drug-likeness (QED) is 0.722. The summed E-state index contributed by atoms with van der Waals surface area (Å²) in [5, 5.41) is 8.75. The van der Waals surface area contributed by atoms with Crippen LogP contribution >= 0.6 is 11.3 Å². The normalized spacial score (nSPS) is 10.9. The Kier molecular flexibility index (Phi) is 4.26. The summed E-state index contributed by atoms with van der Waals surface area (Å²) in [7, 11) is 0. The predicted molar refractivity (Wildman–Crippen MR) is 88.2 cm³/mol. The number of aliphatic carboxylic acids is 1. The highest BCUT2D eigenvalue weighted by Gasteiger charge is 2.16. The van der Waals surface area contributed by atoms with Crippen molar-refractivity contribution in [3.8, 4) is 0 Å². The van der Waals surface area contributed by atoms with E-state index in [-0.39, 0.29) is 29.0 Å². The molecule has 0 spiro atoms. The number of carboxylic acid groups (broad SMARTS) is 1. The van der Waals surface area contributed by atoms with Gasteiger partial charge in [0, 0.05) is 12.1 Å². The summed E-state index contributed by atoms with van der Waals surface area (Å²) in [6.07, 6.45) is -0.165. The molecule has 0 aliphatic carbocycles. The van der Waals surface area contributed by atoms with Gasteiger partial charge in [-0.25, -0.2) is 4.39 Å². The number of carbonyl (C=O) groups excluding carboxylic acids is 1. The Balaban J connectivity index is 2.01. The molecule has 0 radical (unpaired) electrons. The summed E-state index contributed by atoms with van der Waals surface area (Å²) in [4.78, 5) is 34.8. The van der Waals surface area contributed by atoms with Crippen LogP contribution in [-0.4, -0.2) is 21.4 Å². The number of rotatable bonds is 5. The summed E-state index contributed by atoms with van der Waals surface area (Å²) < 4.78 is 15.7. The first-order valence-corrected chi connectivity index (χ1v) is 7.93. The lowest BCUT2D eigenvalue weighted by atomic mass is 10.0. The molecule has 0 amide bonds. The molecular formula is C17H12FNO4S. The summed E-state index contributed by atoms with van der Waals surface area (Å²) >= 11 is 0.930. The van der Waals surface area contributed by atoms with E-state index in [9.17, 15) is 18.8 Å². The molecule has 0 atom stereocenters. The Morgan fingerprint density at radius 2 is 1.92 bits per heavy atom. The van der Waals surface area contributed by atoms with E-state index < -0.39 is 17.6 Å². The number of benzene rings is 2. The second-order valence-electron chi connectivity index (χ2n) is 5.15. The molecule has 0 saturated carbocycles. The summed E-state index contributed by atoms with van der Waals surface area (Å²) in [5.74, 6) is -2.06. The minimum absolute atomic E-state index is 0.0329. The fourth-order valence-electron chi connectivity index (χ4n) is 2.43. The van der Waals surface area contributed by atoms with Crippen LogP contribution in [0.2, 0.25) is 0 Å². The third-order valence-corrected chi connectivity index (χ3v) is 4.54. The van der Waals surface area contributed by atoms with E-state index in [0.29, 0.717) is 10.2 Å². The Labute approximate surface area is 139 Å². The van der Waals surface area contributed by atoms with Gasteiger partial charge in [0.25, 0.3) is 0 Å². The first-order valence-electron chi connectivity index (χ1n) is 7.12. The molecule has 0 unspecified atom stereocenters. The molecule has 0 fully saturated rings. The zero-order chi connectivity index (χ0) is 17.3. The van der Waals surface area contributed by atoms with Crippen LogP contribution in [0, 0.1) is 5.82 Å². The number of nitrogens with zero attached hydrogens (tertiary/aromatic N) is 1. The van der Waals surface area contributed by atoms with Gasteiger partial charge >= 0.3 is 10.8 Å². The molecule has 1 heterocycles. The molecular weight excluding hydrogens is 333 g/mol. The Morgan fingerprint density at radius 3 is 2.62 bits per heavy atom. The van der Waals surface area contributed by atoms with Gasteiger partial charge < -0.3 is 5.11 Å². The maximum absolute atomic E-state index is 13.8. The molecule has 3 rings (SSSR count). The molecule has 7 heteroatoms. The monoisotopic (exact) mass is 345 g/mol. The summed E-state index contributed by atoms with van der Waals surface area (Å²) in [6, 6.07) is 10.3. The van der Waals surface area contributed by atoms with Gasteiger partial charge in [-0.15, -0.1) is 0 Å². The van der Waals surface area contributed by atoms with Crippen molar-refractivity contribution in [1.29, 1.82) is 0 Å². The Morgan fingerprint density at radius 1 is 1.17 bits per heavy atom. The van der Waals surface area contributed by atoms with Crippen LogP contribution in [-0.2, 0) is 11.3 Å². The molecule has 5 nitrogen and oxygen atoms in total. The third-order valence-electron chi connectivity index (χ3n) is 3.60. The van der Waals surface area contributed by atoms with Gasteiger partial charge in [0.2, 0.25) is 0 Å². The van der Waals surface area contributed by atoms with Crippen LogP contribution in [0.5, 0.6) is 0 Å². The fourth-order valence-corrected chi connectivity index (χ4v) is 3.38. The lowest BCUT2D eigenvalue weighted by Crippen LogP contribution is -2.15. The van der Waals surface area contributed by atoms with Gasteiger partial charge in [0.15, 0.2) is 5.78 Å². The van der Waals surface area contributed by atoms with Gasteiger partial charge in [0.05, 0.1) is 22.2 Å². The number of aromatic nitrogens is 1. The molecule has 1 N–H and O–H groups in total. The number of aryl methyl sites for hydroxylation is 1. The van der Waals surface area contributed by atoms with E-state index in [1.165, 1.54) is 34.9 Å². The van der Waals surface area contributed by atoms with Crippen molar-refractivity contribution in [3.63, 3.8) is 0 Å². The van der Waals surface area contributed by atoms with Crippen LogP contribution in [0.3, 0.4) is 0 Å². The molecule has 24 heavy (non-hydrogen) atoms. The van der Waals surface area contributed by atoms with Gasteiger partial charge in [0.1, 0.15) is 5.82 Å². The van der Waals surface area contributed by atoms with Crippen molar-refractivity contribution in [2.45, 2.75) is 13.0 Å². The number of halogens is 1. The second-order valence-corrected chi connectivity index (χ2v) is 6.15. The average Bonchev–Trinajstić information content (AvgIpc) is 2.87. The number of carbonyl (C=O) groups is 2. The van der Waals surface area contributed by atoms with E-state index in [2.05, 4.69) is 0 Å². The van der Waals surface area contributed by atoms with E-state index in [4.69, 9.17) is 5.11 Å². The van der Waals surface area contributed by atoms with Crippen molar-refractivity contribution in [2.75, 3.05) is 0 Å². The molecule has 0 aliphatic heterocycles. The maximum atomic E-state index is 13.8. The van der Waals surface area contributed by atoms with Crippen LogP contribution in [0.25, 0.3) is 10.2 Å². The molecule has 0 saturated heterocycles. The summed E-state index contributed by atoms with van der Waals surface area (Å²) in [6.45, 7) is 0.0643. The smallest absolute Gasteiger partial charge is 0.308 e. The molecule has 2 aromatic carbocycles. The minimum Gasteiger partial charge on any atom is -0.481 e. The largest absolute Gasteiger partial charge is 0.481 e. The minimum atomic E-state index is -0.993. The number of thiazole rings is 1. The average molecular weight is 345 g/mol. The number of hydrogen-bond acceptors (Lipinski definition) is 4. The van der Waals surface area contributed by atoms with Crippen LogP contribution in [0.4, 0.5) is 4.39 Å². The molecule has 1 aromatic heterocycles. The standard InChI is InChI=1S/C17H12FNO4S/c18-12-4-2-1-3-11(12)16(22)10-5-6-13-14(9-10)24-17(23)19(13)8-7-15(20)21/h1-6,9H,7-8H2,(H,20,21). The molecule has 0 bridgehead atoms. The molecule has 3 aromatic rings. The van der Waals surface area contributed by atoms with Crippen LogP contribution < -0.4 is 4.87 Å². The van der Waals surface area contributed by atoms with E-state index in [1.54, 1.807) is 12.1 Å². The van der Waals surface area contributed by atoms with Crippen molar-refractivity contribution in [1.82, 2.24) is 4.57 Å². The van der Waals surface area contributed by atoms with E-state index in [0.717, 1.165) is 11.3 Å². The van der Waals surface area contributed by atoms with Gasteiger partial charge in [-0.2, -0.15) is 0 Å². The van der Waals surface area contributed by atoms with Gasteiger partial charge in [-0.1, -0.05) is 23.5 Å². The number of hydrogen-bond donors (Lipinski definition) is 1. The number of carboxylic acids is 1. The highest BCUT2D eigenvalue weighted by Crippen LogP contribution is 2.22. The van der Waals surface area contributed by atoms with Crippen molar-refractivity contribution < 1.29 is 19.1 Å². The first-order chi connectivity index (χ1) is 11.5. The zero-order valence-corrected chi connectivity index (χ0v) is 13.2. The molecule has 0 aliphatic rings. The third kappa shape index (κ3) is 2.98. The molecule has 122 valence electrons. The van der Waals surface area contributed by atoms with Gasteiger partial charge in [-0.05, 0) is 30.3 Å². The lowest BCUT2D eigenvalue weighted by molar-refractivity contribution is -0.137. The van der Waals surface area contributed by atoms with Crippen molar-refractivity contribution in [3.05, 3.63) is 69.1 Å². The van der Waals surface area contributed by atoms with Gasteiger partial charge in [-0.3, -0.25) is 19.0 Å². The van der Waals surface area contributed by atoms with Crippen molar-refractivity contribution in [2.24, 2.45) is 0 Å². The fraction of sp³-hybridized carbons (Fsp3) is 0.118.